The summed E-state index contributed by atoms with van der Waals surface area (Å²) in [5, 5.41) is 0.638. The van der Waals surface area contributed by atoms with Crippen LogP contribution in [-0.4, -0.2) is 41.7 Å². The highest BCUT2D eigenvalue weighted by atomic mass is 32.2. The van der Waals surface area contributed by atoms with Crippen molar-refractivity contribution in [1.29, 1.82) is 0 Å². The molecule has 6 nitrogen and oxygen atoms in total. The van der Waals surface area contributed by atoms with Gasteiger partial charge in [-0.1, -0.05) is 12.1 Å². The standard InChI is InChI=1S/C19H19N3O3S/c1-4-22-18(23)16(26-19(22)21-14-8-6-10-20-12-14)11-13-7-5-9-15(24-2)17(13)25-3/h5-12H,4H2,1-3H3/b16-11-,21-19?. The van der Waals surface area contributed by atoms with E-state index < -0.39 is 0 Å². The molecule has 0 atom stereocenters. The molecule has 1 fully saturated rings. The number of aliphatic imine (C=N–C) groups is 1. The monoisotopic (exact) mass is 369 g/mol. The summed E-state index contributed by atoms with van der Waals surface area (Å²) in [4.78, 5) is 23.6. The average Bonchev–Trinajstić information content (AvgIpc) is 2.96. The van der Waals surface area contributed by atoms with Gasteiger partial charge in [-0.05, 0) is 43.0 Å². The maximum absolute atomic E-state index is 12.8. The Morgan fingerprint density at radius 3 is 2.73 bits per heavy atom. The molecule has 1 aromatic carbocycles. The first-order chi connectivity index (χ1) is 12.7. The predicted octanol–water partition coefficient (Wildman–Crippen LogP) is 3.72. The van der Waals surface area contributed by atoms with Crippen LogP contribution in [0.15, 0.2) is 52.6 Å². The highest BCUT2D eigenvalue weighted by Crippen LogP contribution is 2.37. The van der Waals surface area contributed by atoms with E-state index in [1.807, 2.05) is 43.3 Å². The van der Waals surface area contributed by atoms with Crippen LogP contribution in [0.2, 0.25) is 0 Å². The van der Waals surface area contributed by atoms with Gasteiger partial charge in [0.15, 0.2) is 16.7 Å². The zero-order valence-electron chi connectivity index (χ0n) is 14.8. The summed E-state index contributed by atoms with van der Waals surface area (Å²) in [5.74, 6) is 1.13. The summed E-state index contributed by atoms with van der Waals surface area (Å²) in [6.45, 7) is 2.46. The molecule has 26 heavy (non-hydrogen) atoms. The van der Waals surface area contributed by atoms with Crippen molar-refractivity contribution >= 4 is 34.6 Å². The van der Waals surface area contributed by atoms with E-state index in [0.29, 0.717) is 33.8 Å². The number of benzene rings is 1. The fraction of sp³-hybridized carbons (Fsp3) is 0.211. The van der Waals surface area contributed by atoms with Crippen molar-refractivity contribution in [2.45, 2.75) is 6.92 Å². The van der Waals surface area contributed by atoms with Crippen LogP contribution in [0.1, 0.15) is 12.5 Å². The van der Waals surface area contributed by atoms with Crippen molar-refractivity contribution in [3.05, 3.63) is 53.2 Å². The van der Waals surface area contributed by atoms with Crippen molar-refractivity contribution in [2.75, 3.05) is 20.8 Å². The molecule has 0 spiro atoms. The van der Waals surface area contributed by atoms with E-state index in [2.05, 4.69) is 9.98 Å². The maximum atomic E-state index is 12.8. The van der Waals surface area contributed by atoms with Gasteiger partial charge in [0.25, 0.3) is 5.91 Å². The summed E-state index contributed by atoms with van der Waals surface area (Å²) < 4.78 is 10.8. The Kier molecular flexibility index (Phi) is 5.58. The number of para-hydroxylation sites is 1. The van der Waals surface area contributed by atoms with Gasteiger partial charge in [0.05, 0.1) is 31.0 Å². The van der Waals surface area contributed by atoms with Gasteiger partial charge in [0.2, 0.25) is 0 Å². The van der Waals surface area contributed by atoms with Crippen molar-refractivity contribution in [3.8, 4) is 11.5 Å². The predicted molar refractivity (Wildman–Crippen MR) is 104 cm³/mol. The van der Waals surface area contributed by atoms with Gasteiger partial charge in [-0.25, -0.2) is 4.99 Å². The largest absolute Gasteiger partial charge is 0.493 e. The van der Waals surface area contributed by atoms with Crippen LogP contribution < -0.4 is 9.47 Å². The Morgan fingerprint density at radius 1 is 1.23 bits per heavy atom. The Labute approximate surface area is 156 Å². The Bertz CT molecular complexity index is 866. The van der Waals surface area contributed by atoms with Crippen molar-refractivity contribution in [2.24, 2.45) is 4.99 Å². The molecule has 3 rings (SSSR count). The number of amides is 1. The topological polar surface area (TPSA) is 64.0 Å². The number of rotatable bonds is 5. The normalized spacial score (nSPS) is 17.2. The molecule has 1 aromatic heterocycles. The molecule has 0 bridgehead atoms. The van der Waals surface area contributed by atoms with Crippen molar-refractivity contribution < 1.29 is 14.3 Å². The van der Waals surface area contributed by atoms with Crippen LogP contribution in [-0.2, 0) is 4.79 Å². The zero-order valence-corrected chi connectivity index (χ0v) is 15.6. The lowest BCUT2D eigenvalue weighted by molar-refractivity contribution is -0.122. The molecule has 0 aliphatic carbocycles. The molecule has 2 aromatic rings. The van der Waals surface area contributed by atoms with E-state index in [1.165, 1.54) is 11.8 Å². The van der Waals surface area contributed by atoms with Crippen LogP contribution in [0.4, 0.5) is 5.69 Å². The quantitative estimate of drug-likeness (QED) is 0.752. The number of hydrogen-bond acceptors (Lipinski definition) is 6. The molecular formula is C19H19N3O3S. The third-order valence-corrected chi connectivity index (χ3v) is 4.80. The van der Waals surface area contributed by atoms with Gasteiger partial charge in [-0.2, -0.15) is 0 Å². The lowest BCUT2D eigenvalue weighted by Gasteiger charge is -2.12. The number of nitrogens with zero attached hydrogens (tertiary/aromatic N) is 3. The molecule has 7 heteroatoms. The number of pyridine rings is 1. The molecule has 2 heterocycles. The second-order valence-electron chi connectivity index (χ2n) is 5.35. The van der Waals surface area contributed by atoms with E-state index >= 15 is 0 Å². The molecule has 134 valence electrons. The second kappa shape index (κ2) is 8.05. The first kappa shape index (κ1) is 18.0. The highest BCUT2D eigenvalue weighted by molar-refractivity contribution is 8.18. The summed E-state index contributed by atoms with van der Waals surface area (Å²) in [6.07, 6.45) is 5.16. The molecule has 1 aliphatic heterocycles. The molecule has 0 unspecified atom stereocenters. The van der Waals surface area contributed by atoms with Gasteiger partial charge in [0.1, 0.15) is 0 Å². The van der Waals surface area contributed by atoms with Crippen LogP contribution in [0.25, 0.3) is 6.08 Å². The molecule has 1 saturated heterocycles. The fourth-order valence-corrected chi connectivity index (χ4v) is 3.62. The van der Waals surface area contributed by atoms with Crippen LogP contribution in [0.3, 0.4) is 0 Å². The second-order valence-corrected chi connectivity index (χ2v) is 6.36. The fourth-order valence-electron chi connectivity index (χ4n) is 2.57. The lowest BCUT2D eigenvalue weighted by Crippen LogP contribution is -2.28. The lowest BCUT2D eigenvalue weighted by atomic mass is 10.1. The van der Waals surface area contributed by atoms with E-state index in [-0.39, 0.29) is 5.91 Å². The average molecular weight is 369 g/mol. The van der Waals surface area contributed by atoms with Crippen LogP contribution in [0.5, 0.6) is 11.5 Å². The third kappa shape index (κ3) is 3.57. The van der Waals surface area contributed by atoms with Gasteiger partial charge < -0.3 is 9.47 Å². The minimum absolute atomic E-state index is 0.0787. The van der Waals surface area contributed by atoms with Crippen LogP contribution >= 0.6 is 11.8 Å². The molecule has 0 saturated carbocycles. The minimum Gasteiger partial charge on any atom is -0.493 e. The number of methoxy groups -OCH3 is 2. The summed E-state index contributed by atoms with van der Waals surface area (Å²) >= 11 is 1.34. The number of aromatic nitrogens is 1. The number of carbonyl (C=O) groups excluding carboxylic acids is 1. The number of carbonyl (C=O) groups is 1. The molecule has 1 aliphatic rings. The molecular weight excluding hydrogens is 350 g/mol. The molecule has 1 amide bonds. The zero-order chi connectivity index (χ0) is 18.5. The summed E-state index contributed by atoms with van der Waals surface area (Å²) in [6, 6.07) is 9.23. The Hall–Kier alpha value is -2.80. The van der Waals surface area contributed by atoms with Crippen molar-refractivity contribution in [1.82, 2.24) is 9.88 Å². The third-order valence-electron chi connectivity index (χ3n) is 3.79. The maximum Gasteiger partial charge on any atom is 0.266 e. The van der Waals surface area contributed by atoms with Gasteiger partial charge in [0, 0.05) is 18.3 Å². The number of likely N-dealkylation sites (N-methyl/N-ethyl adjacent to an activating group) is 1. The number of thioether (sulfide) groups is 1. The Morgan fingerprint density at radius 2 is 2.08 bits per heavy atom. The molecule has 0 N–H and O–H groups in total. The summed E-state index contributed by atoms with van der Waals surface area (Å²) in [7, 11) is 3.17. The SMILES string of the molecule is CCN1C(=O)/C(=C/c2cccc(OC)c2OC)SC1=Nc1cccnc1. The van der Waals surface area contributed by atoms with E-state index in [1.54, 1.807) is 31.5 Å². The number of hydrogen-bond donors (Lipinski definition) is 0. The van der Waals surface area contributed by atoms with Crippen molar-refractivity contribution in [3.63, 3.8) is 0 Å². The van der Waals surface area contributed by atoms with E-state index in [4.69, 9.17) is 9.47 Å². The first-order valence-electron chi connectivity index (χ1n) is 8.09. The number of amidine groups is 1. The number of ether oxygens (including phenoxy) is 2. The van der Waals surface area contributed by atoms with Crippen LogP contribution in [0, 0.1) is 0 Å². The minimum atomic E-state index is -0.0787. The smallest absolute Gasteiger partial charge is 0.266 e. The van der Waals surface area contributed by atoms with Gasteiger partial charge in [-0.15, -0.1) is 0 Å². The van der Waals surface area contributed by atoms with E-state index in [0.717, 1.165) is 5.56 Å². The van der Waals surface area contributed by atoms with Gasteiger partial charge in [-0.3, -0.25) is 14.7 Å². The van der Waals surface area contributed by atoms with E-state index in [9.17, 15) is 4.79 Å². The first-order valence-corrected chi connectivity index (χ1v) is 8.90. The molecule has 0 radical (unpaired) electrons. The van der Waals surface area contributed by atoms with Gasteiger partial charge >= 0.3 is 0 Å². The summed E-state index contributed by atoms with van der Waals surface area (Å²) in [5.41, 5.74) is 1.49. The highest BCUT2D eigenvalue weighted by Gasteiger charge is 2.32. The Balaban J connectivity index is 1.98.